The van der Waals surface area contributed by atoms with Crippen molar-refractivity contribution in [2.24, 2.45) is 0 Å². The van der Waals surface area contributed by atoms with Crippen molar-refractivity contribution < 1.29 is 19.2 Å². The van der Waals surface area contributed by atoms with Gasteiger partial charge in [0.15, 0.2) is 0 Å². The average molecular weight is 435 g/mol. The molecule has 5 rings (SSSR count). The van der Waals surface area contributed by atoms with Crippen molar-refractivity contribution in [3.8, 4) is 0 Å². The first kappa shape index (κ1) is 20.1. The molecule has 1 N–H and O–H groups in total. The lowest BCUT2D eigenvalue weighted by atomic mass is 10.1. The van der Waals surface area contributed by atoms with Crippen LogP contribution in [-0.2, 0) is 14.3 Å². The Labute approximate surface area is 182 Å². The molecule has 1 fully saturated rings. The maximum absolute atomic E-state index is 13.3. The maximum atomic E-state index is 13.3. The Morgan fingerprint density at radius 1 is 1.22 bits per heavy atom. The van der Waals surface area contributed by atoms with Gasteiger partial charge >= 0.3 is 0 Å². The molecule has 1 saturated heterocycles. The van der Waals surface area contributed by atoms with Crippen LogP contribution in [0, 0.1) is 10.1 Å². The Morgan fingerprint density at radius 2 is 2.00 bits per heavy atom. The molecule has 32 heavy (non-hydrogen) atoms. The summed E-state index contributed by atoms with van der Waals surface area (Å²) in [6, 6.07) is 12.4. The quantitative estimate of drug-likeness (QED) is 0.469. The van der Waals surface area contributed by atoms with E-state index in [-0.39, 0.29) is 30.0 Å². The molecule has 0 radical (unpaired) electrons. The molecule has 164 valence electrons. The Bertz CT molecular complexity index is 1200. The lowest BCUT2D eigenvalue weighted by Gasteiger charge is -2.19. The molecule has 2 aliphatic heterocycles. The maximum Gasteiger partial charge on any atom is 0.269 e. The van der Waals surface area contributed by atoms with Crippen molar-refractivity contribution in [2.45, 2.75) is 31.4 Å². The molecule has 2 unspecified atom stereocenters. The van der Waals surface area contributed by atoms with Gasteiger partial charge in [0.1, 0.15) is 6.04 Å². The van der Waals surface area contributed by atoms with Crippen molar-refractivity contribution in [3.63, 3.8) is 0 Å². The fourth-order valence-corrected chi connectivity index (χ4v) is 4.31. The Kier molecular flexibility index (Phi) is 5.06. The van der Waals surface area contributed by atoms with Gasteiger partial charge in [-0.3, -0.25) is 29.2 Å². The number of aromatic nitrogens is 2. The molecule has 3 aromatic rings. The highest BCUT2D eigenvalue weighted by atomic mass is 16.6. The van der Waals surface area contributed by atoms with E-state index in [2.05, 4.69) is 10.3 Å². The molecule has 0 spiro atoms. The number of hydrogen-bond acceptors (Lipinski definition) is 6. The number of hydrogen-bond donors (Lipinski definition) is 1. The molecule has 10 heteroatoms. The van der Waals surface area contributed by atoms with E-state index in [1.165, 1.54) is 24.3 Å². The summed E-state index contributed by atoms with van der Waals surface area (Å²) in [5, 5.41) is 13.5. The zero-order chi connectivity index (χ0) is 22.2. The van der Waals surface area contributed by atoms with Crippen molar-refractivity contribution in [1.82, 2.24) is 9.55 Å². The zero-order valence-electron chi connectivity index (χ0n) is 17.1. The van der Waals surface area contributed by atoms with Gasteiger partial charge in [-0.05, 0) is 37.1 Å². The predicted molar refractivity (Wildman–Crippen MR) is 116 cm³/mol. The highest BCUT2D eigenvalue weighted by Crippen LogP contribution is 2.37. The van der Waals surface area contributed by atoms with Crippen LogP contribution >= 0.6 is 0 Å². The summed E-state index contributed by atoms with van der Waals surface area (Å²) >= 11 is 0. The normalized spacial score (nSPS) is 20.0. The molecule has 0 aliphatic carbocycles. The summed E-state index contributed by atoms with van der Waals surface area (Å²) in [7, 11) is 0. The number of anilines is 2. The number of nitro groups is 1. The minimum Gasteiger partial charge on any atom is -0.376 e. The average Bonchev–Trinajstić information content (AvgIpc) is 3.48. The molecule has 10 nitrogen and oxygen atoms in total. The van der Waals surface area contributed by atoms with Crippen LogP contribution in [0.4, 0.5) is 17.3 Å². The van der Waals surface area contributed by atoms with Gasteiger partial charge < -0.3 is 10.1 Å². The van der Waals surface area contributed by atoms with Gasteiger partial charge in [0.05, 0.1) is 35.0 Å². The third-order valence-electron chi connectivity index (χ3n) is 5.83. The van der Waals surface area contributed by atoms with Crippen LogP contribution in [0.15, 0.2) is 48.5 Å². The van der Waals surface area contributed by atoms with Crippen molar-refractivity contribution in [3.05, 3.63) is 58.6 Å². The van der Waals surface area contributed by atoms with Gasteiger partial charge in [-0.15, -0.1) is 0 Å². The first-order valence-electron chi connectivity index (χ1n) is 10.5. The number of nitrogens with zero attached hydrogens (tertiary/aromatic N) is 4. The smallest absolute Gasteiger partial charge is 0.269 e. The molecule has 3 heterocycles. The number of rotatable bonds is 6. The number of imidazole rings is 1. The molecule has 2 aliphatic rings. The second-order valence-corrected chi connectivity index (χ2v) is 7.93. The summed E-state index contributed by atoms with van der Waals surface area (Å²) in [5.74, 6) is -0.0210. The molecule has 0 saturated carbocycles. The molecular weight excluding hydrogens is 414 g/mol. The number of carbonyl (C=O) groups excluding carboxylic acids is 2. The number of fused-ring (bicyclic) bond motifs is 3. The number of non-ortho nitro benzene ring substituents is 1. The molecular formula is C22H21N5O5. The second kappa shape index (κ2) is 8.04. The lowest BCUT2D eigenvalue weighted by molar-refractivity contribution is -0.384. The minimum absolute atomic E-state index is 0.0418. The highest BCUT2D eigenvalue weighted by Gasteiger charge is 2.42. The standard InChI is InChI=1S/C22H21N5O5/c28-20(23-14-7-9-15(10-8-14)27(30)31)12-19-21(29)25(13-16-4-3-11-32-16)22-24-17-5-1-2-6-18(17)26(19)22/h1-2,5-10,16,19H,3-4,11-13H2,(H,23,28). The zero-order valence-corrected chi connectivity index (χ0v) is 17.1. The van der Waals surface area contributed by atoms with Crippen molar-refractivity contribution in [2.75, 3.05) is 23.4 Å². The van der Waals surface area contributed by atoms with Gasteiger partial charge in [0, 0.05) is 24.4 Å². The van der Waals surface area contributed by atoms with E-state index < -0.39 is 11.0 Å². The third kappa shape index (κ3) is 3.58. The van der Waals surface area contributed by atoms with Crippen LogP contribution in [0.5, 0.6) is 0 Å². The van der Waals surface area contributed by atoms with Crippen molar-refractivity contribution >= 4 is 40.2 Å². The van der Waals surface area contributed by atoms with Crippen LogP contribution in [0.2, 0.25) is 0 Å². The Balaban J connectivity index is 1.40. The number of carbonyl (C=O) groups is 2. The predicted octanol–water partition coefficient (Wildman–Crippen LogP) is 3.04. The summed E-state index contributed by atoms with van der Waals surface area (Å²) in [6.07, 6.45) is 1.73. The molecule has 2 aromatic carbocycles. The monoisotopic (exact) mass is 435 g/mol. The van der Waals surface area contributed by atoms with Gasteiger partial charge in [0.2, 0.25) is 11.9 Å². The summed E-state index contributed by atoms with van der Waals surface area (Å²) in [4.78, 5) is 42.7. The number of ether oxygens (including phenoxy) is 1. The second-order valence-electron chi connectivity index (χ2n) is 7.93. The van der Waals surface area contributed by atoms with E-state index in [1.807, 2.05) is 28.8 Å². The van der Waals surface area contributed by atoms with E-state index in [0.29, 0.717) is 24.8 Å². The first-order chi connectivity index (χ1) is 15.5. The number of amides is 2. The molecule has 2 atom stereocenters. The van der Waals surface area contributed by atoms with E-state index in [1.54, 1.807) is 4.90 Å². The van der Waals surface area contributed by atoms with Crippen LogP contribution in [0.3, 0.4) is 0 Å². The van der Waals surface area contributed by atoms with E-state index in [4.69, 9.17) is 4.74 Å². The minimum atomic E-state index is -0.725. The molecule has 0 bridgehead atoms. The third-order valence-corrected chi connectivity index (χ3v) is 5.83. The molecule has 2 amide bonds. The van der Waals surface area contributed by atoms with E-state index in [9.17, 15) is 19.7 Å². The van der Waals surface area contributed by atoms with Gasteiger partial charge in [-0.1, -0.05) is 12.1 Å². The van der Waals surface area contributed by atoms with Crippen LogP contribution in [0.25, 0.3) is 11.0 Å². The largest absolute Gasteiger partial charge is 0.376 e. The summed E-state index contributed by atoms with van der Waals surface area (Å²) in [5.41, 5.74) is 1.91. The highest BCUT2D eigenvalue weighted by molar-refractivity contribution is 6.05. The lowest BCUT2D eigenvalue weighted by Crippen LogP contribution is -2.37. The number of para-hydroxylation sites is 2. The van der Waals surface area contributed by atoms with Gasteiger partial charge in [0.25, 0.3) is 11.6 Å². The number of benzene rings is 2. The van der Waals surface area contributed by atoms with Gasteiger partial charge in [-0.25, -0.2) is 4.98 Å². The topological polar surface area (TPSA) is 120 Å². The Hall–Kier alpha value is -3.79. The summed E-state index contributed by atoms with van der Waals surface area (Å²) in [6.45, 7) is 1.09. The number of nitrogens with one attached hydrogen (secondary N) is 1. The van der Waals surface area contributed by atoms with Crippen LogP contribution in [0.1, 0.15) is 25.3 Å². The SMILES string of the molecule is O=C(CC1C(=O)N(CC2CCCO2)c2nc3ccccc3n21)Nc1ccc([N+](=O)[O-])cc1. The van der Waals surface area contributed by atoms with Crippen LogP contribution in [-0.4, -0.2) is 45.5 Å². The van der Waals surface area contributed by atoms with E-state index >= 15 is 0 Å². The van der Waals surface area contributed by atoms with Crippen LogP contribution < -0.4 is 10.2 Å². The fraction of sp³-hybridized carbons (Fsp3) is 0.318. The van der Waals surface area contributed by atoms with Crippen molar-refractivity contribution in [1.29, 1.82) is 0 Å². The van der Waals surface area contributed by atoms with Gasteiger partial charge in [-0.2, -0.15) is 0 Å². The summed E-state index contributed by atoms with van der Waals surface area (Å²) < 4.78 is 7.54. The molecule has 1 aromatic heterocycles. The fourth-order valence-electron chi connectivity index (χ4n) is 4.31. The first-order valence-corrected chi connectivity index (χ1v) is 10.5. The van der Waals surface area contributed by atoms with E-state index in [0.717, 1.165) is 23.9 Å². The Morgan fingerprint density at radius 3 is 2.72 bits per heavy atom. The number of nitro benzene ring substituents is 1.